The van der Waals surface area contributed by atoms with E-state index in [2.05, 4.69) is 27.0 Å². The lowest BCUT2D eigenvalue weighted by Crippen LogP contribution is -2.32. The lowest BCUT2D eigenvalue weighted by atomic mass is 9.98. The van der Waals surface area contributed by atoms with Crippen LogP contribution in [0.25, 0.3) is 0 Å². The summed E-state index contributed by atoms with van der Waals surface area (Å²) in [7, 11) is -1.80. The first-order chi connectivity index (χ1) is 18.7. The summed E-state index contributed by atoms with van der Waals surface area (Å²) >= 11 is 12.6. The second kappa shape index (κ2) is 11.8. The highest BCUT2D eigenvalue weighted by Gasteiger charge is 2.24. The van der Waals surface area contributed by atoms with Crippen LogP contribution in [0.4, 0.5) is 11.5 Å². The molecule has 1 aromatic heterocycles. The molecule has 2 aliphatic heterocycles. The van der Waals surface area contributed by atoms with Gasteiger partial charge in [-0.2, -0.15) is 4.98 Å². The Labute approximate surface area is 239 Å². The van der Waals surface area contributed by atoms with Gasteiger partial charge in [-0.25, -0.2) is 8.42 Å². The van der Waals surface area contributed by atoms with E-state index in [1.807, 2.05) is 12.1 Å². The lowest BCUT2D eigenvalue weighted by Gasteiger charge is -2.28. The molecule has 3 aromatic rings. The van der Waals surface area contributed by atoms with Crippen LogP contribution in [0.5, 0.6) is 11.6 Å². The predicted molar refractivity (Wildman–Crippen MR) is 155 cm³/mol. The Morgan fingerprint density at radius 2 is 1.90 bits per heavy atom. The fraction of sp³-hybridized carbons (Fsp3) is 0.393. The number of halogens is 2. The first-order valence-electron chi connectivity index (χ1n) is 13.0. The number of ether oxygens (including phenoxy) is 2. The van der Waals surface area contributed by atoms with Crippen molar-refractivity contribution in [2.45, 2.75) is 37.7 Å². The van der Waals surface area contributed by atoms with Gasteiger partial charge >= 0.3 is 0 Å². The molecule has 2 N–H and O–H groups in total. The van der Waals surface area contributed by atoms with E-state index in [0.29, 0.717) is 39.7 Å². The van der Waals surface area contributed by atoms with E-state index in [-0.39, 0.29) is 23.1 Å². The molecule has 1 saturated heterocycles. The lowest BCUT2D eigenvalue weighted by molar-refractivity contribution is 0.160. The molecule has 39 heavy (non-hydrogen) atoms. The minimum atomic E-state index is -3.94. The molecule has 0 bridgehead atoms. The third-order valence-electron chi connectivity index (χ3n) is 7.19. The third-order valence-corrected chi connectivity index (χ3v) is 9.42. The summed E-state index contributed by atoms with van der Waals surface area (Å²) in [4.78, 5) is 7.01. The Bertz CT molecular complexity index is 1460. The van der Waals surface area contributed by atoms with E-state index in [1.165, 1.54) is 6.07 Å². The number of anilines is 2. The van der Waals surface area contributed by atoms with Crippen LogP contribution in [0.15, 0.2) is 47.4 Å². The molecule has 2 aromatic carbocycles. The van der Waals surface area contributed by atoms with Gasteiger partial charge in [-0.15, -0.1) is 0 Å². The summed E-state index contributed by atoms with van der Waals surface area (Å²) in [5, 5.41) is 4.13. The average molecular weight is 592 g/mol. The van der Waals surface area contributed by atoms with Crippen molar-refractivity contribution >= 4 is 44.7 Å². The molecule has 208 valence electrons. The average Bonchev–Trinajstić information content (AvgIpc) is 3.36. The molecule has 0 unspecified atom stereocenters. The van der Waals surface area contributed by atoms with Crippen molar-refractivity contribution in [2.24, 2.45) is 5.92 Å². The molecule has 11 heteroatoms. The maximum atomic E-state index is 13.3. The van der Waals surface area contributed by atoms with Crippen molar-refractivity contribution in [3.05, 3.63) is 69.2 Å². The van der Waals surface area contributed by atoms with Gasteiger partial charge in [-0.3, -0.25) is 4.72 Å². The van der Waals surface area contributed by atoms with E-state index in [9.17, 15) is 8.42 Å². The molecule has 0 aliphatic carbocycles. The summed E-state index contributed by atoms with van der Waals surface area (Å²) in [6.45, 7) is 5.30. The predicted octanol–water partition coefficient (Wildman–Crippen LogP) is 5.77. The van der Waals surface area contributed by atoms with Gasteiger partial charge in [-0.1, -0.05) is 35.3 Å². The van der Waals surface area contributed by atoms with Crippen LogP contribution in [-0.4, -0.2) is 51.6 Å². The maximum Gasteiger partial charge on any atom is 0.262 e. The van der Waals surface area contributed by atoms with Crippen molar-refractivity contribution in [3.63, 3.8) is 0 Å². The van der Waals surface area contributed by atoms with Crippen molar-refractivity contribution in [2.75, 3.05) is 43.3 Å². The van der Waals surface area contributed by atoms with E-state index >= 15 is 0 Å². The van der Waals surface area contributed by atoms with Gasteiger partial charge in [0.25, 0.3) is 10.0 Å². The summed E-state index contributed by atoms with van der Waals surface area (Å²) in [6, 6.07) is 12.1. The van der Waals surface area contributed by atoms with E-state index < -0.39 is 10.0 Å². The van der Waals surface area contributed by atoms with E-state index in [4.69, 9.17) is 32.7 Å². The highest BCUT2D eigenvalue weighted by atomic mass is 35.5. The van der Waals surface area contributed by atoms with Crippen LogP contribution in [-0.2, 0) is 23.1 Å². The number of hydrogen-bond donors (Lipinski definition) is 2. The molecule has 8 nitrogen and oxygen atoms in total. The number of rotatable bonds is 9. The van der Waals surface area contributed by atoms with Gasteiger partial charge in [0.1, 0.15) is 23.9 Å². The Morgan fingerprint density at radius 1 is 1.10 bits per heavy atom. The van der Waals surface area contributed by atoms with Crippen LogP contribution in [0.3, 0.4) is 0 Å². The van der Waals surface area contributed by atoms with Gasteiger partial charge in [0.2, 0.25) is 5.88 Å². The van der Waals surface area contributed by atoms with Crippen LogP contribution >= 0.6 is 23.2 Å². The van der Waals surface area contributed by atoms with E-state index in [0.717, 1.165) is 50.0 Å². The molecule has 5 rings (SSSR count). The number of pyridine rings is 1. The van der Waals surface area contributed by atoms with Gasteiger partial charge < -0.3 is 19.7 Å². The van der Waals surface area contributed by atoms with Gasteiger partial charge in [0, 0.05) is 11.6 Å². The van der Waals surface area contributed by atoms with E-state index in [1.54, 1.807) is 31.2 Å². The monoisotopic (exact) mass is 590 g/mol. The summed E-state index contributed by atoms with van der Waals surface area (Å²) in [6.07, 6.45) is 2.94. The Hall–Kier alpha value is -2.72. The summed E-state index contributed by atoms with van der Waals surface area (Å²) in [5.74, 6) is 1.97. The molecule has 1 fully saturated rings. The third kappa shape index (κ3) is 6.54. The topological polar surface area (TPSA) is 92.8 Å². The fourth-order valence-electron chi connectivity index (χ4n) is 4.80. The summed E-state index contributed by atoms with van der Waals surface area (Å²) in [5.41, 5.74) is 2.48. The fourth-order valence-corrected chi connectivity index (χ4v) is 6.51. The SMILES string of the molecule is Cc1c(Cl)cccc1S(=O)(=O)Nc1cc2c(nc1OCc1ccc(Cl)c(OCC3CCN(C)CC3)c1)NCC2. The van der Waals surface area contributed by atoms with Crippen LogP contribution in [0.1, 0.15) is 29.5 Å². The zero-order chi connectivity index (χ0) is 27.6. The van der Waals surface area contributed by atoms with Gasteiger partial charge in [0.15, 0.2) is 0 Å². The number of aromatic nitrogens is 1. The van der Waals surface area contributed by atoms with Crippen molar-refractivity contribution in [1.29, 1.82) is 0 Å². The second-order valence-corrected chi connectivity index (χ2v) is 12.6. The normalized spacial score (nSPS) is 16.0. The van der Waals surface area contributed by atoms with Crippen molar-refractivity contribution in [1.82, 2.24) is 9.88 Å². The molecule has 3 heterocycles. The zero-order valence-corrected chi connectivity index (χ0v) is 24.3. The standard InChI is InChI=1S/C28H32Cl2N4O4S/c1-18-22(29)4-3-5-26(18)39(35,36)33-24-15-21-8-11-31-27(21)32-28(24)38-17-20-6-7-23(30)25(14-20)37-16-19-9-12-34(2)13-10-19/h3-7,14-15,19,33H,8-13,16-17H2,1-2H3,(H,31,32). The van der Waals surface area contributed by atoms with Crippen molar-refractivity contribution < 1.29 is 17.9 Å². The molecular formula is C28H32Cl2N4O4S. The number of fused-ring (bicyclic) bond motifs is 1. The number of piperidine rings is 1. The summed E-state index contributed by atoms with van der Waals surface area (Å²) < 4.78 is 41.4. The number of hydrogen-bond acceptors (Lipinski definition) is 7. The number of likely N-dealkylation sites (tertiary alicyclic amines) is 1. The smallest absolute Gasteiger partial charge is 0.262 e. The molecule has 0 amide bonds. The van der Waals surface area contributed by atoms with Gasteiger partial charge in [0.05, 0.1) is 16.5 Å². The number of nitrogens with zero attached hydrogens (tertiary/aromatic N) is 2. The van der Waals surface area contributed by atoms with Crippen LogP contribution in [0, 0.1) is 12.8 Å². The molecule has 0 radical (unpaired) electrons. The van der Waals surface area contributed by atoms with Crippen LogP contribution < -0.4 is 19.5 Å². The first-order valence-corrected chi connectivity index (χ1v) is 15.2. The highest BCUT2D eigenvalue weighted by molar-refractivity contribution is 7.92. The first kappa shape index (κ1) is 27.8. The quantitative estimate of drug-likeness (QED) is 0.327. The number of nitrogens with one attached hydrogen (secondary N) is 2. The Balaban J connectivity index is 1.33. The molecule has 0 atom stereocenters. The highest BCUT2D eigenvalue weighted by Crippen LogP contribution is 2.34. The minimum Gasteiger partial charge on any atom is -0.492 e. The van der Waals surface area contributed by atoms with Crippen molar-refractivity contribution in [3.8, 4) is 11.6 Å². The largest absolute Gasteiger partial charge is 0.492 e. The number of benzene rings is 2. The second-order valence-electron chi connectivity index (χ2n) is 10.1. The maximum absolute atomic E-state index is 13.3. The van der Waals surface area contributed by atoms with Gasteiger partial charge in [-0.05, 0) is 99.3 Å². The molecule has 0 spiro atoms. The zero-order valence-electron chi connectivity index (χ0n) is 22.0. The molecular weight excluding hydrogens is 559 g/mol. The Morgan fingerprint density at radius 3 is 2.69 bits per heavy atom. The van der Waals surface area contributed by atoms with Crippen LogP contribution in [0.2, 0.25) is 10.0 Å². The Kier molecular flexibility index (Phi) is 8.42. The minimum absolute atomic E-state index is 0.101. The molecule has 0 saturated carbocycles. The molecule has 2 aliphatic rings. The number of sulfonamides is 1.